The molecule has 0 spiro atoms. The van der Waals surface area contributed by atoms with Crippen molar-refractivity contribution in [2.24, 2.45) is 5.73 Å². The molecule has 0 saturated carbocycles. The van der Waals surface area contributed by atoms with Gasteiger partial charge in [-0.1, -0.05) is 6.07 Å². The number of anilines is 1. The van der Waals surface area contributed by atoms with E-state index in [1.807, 2.05) is 13.0 Å². The second kappa shape index (κ2) is 6.22. The van der Waals surface area contributed by atoms with E-state index >= 15 is 0 Å². The summed E-state index contributed by atoms with van der Waals surface area (Å²) < 4.78 is 0. The van der Waals surface area contributed by atoms with Crippen LogP contribution in [-0.2, 0) is 11.3 Å². The maximum Gasteiger partial charge on any atom is 0.237 e. The zero-order chi connectivity index (χ0) is 13.0. The topological polar surface area (TPSA) is 67.2 Å². The van der Waals surface area contributed by atoms with Crippen molar-refractivity contribution in [2.75, 3.05) is 18.4 Å². The van der Waals surface area contributed by atoms with Crippen molar-refractivity contribution < 1.29 is 4.79 Å². The highest BCUT2D eigenvalue weighted by molar-refractivity contribution is 8.00. The highest BCUT2D eigenvalue weighted by atomic mass is 32.2. The Morgan fingerprint density at radius 1 is 1.50 bits per heavy atom. The standard InChI is InChI=1S/C13H19N3OS/c1-9-13(17)16-11-7-10(3-4-12(11)18-9)8-15-6-2-5-14/h3-4,7,9,15H,2,5-6,8,14H2,1H3,(H,16,17). The third-order valence-electron chi connectivity index (χ3n) is 2.86. The largest absolute Gasteiger partial charge is 0.330 e. The summed E-state index contributed by atoms with van der Waals surface area (Å²) in [7, 11) is 0. The first kappa shape index (κ1) is 13.4. The van der Waals surface area contributed by atoms with Gasteiger partial charge in [-0.2, -0.15) is 0 Å². The Morgan fingerprint density at radius 2 is 2.33 bits per heavy atom. The van der Waals surface area contributed by atoms with Gasteiger partial charge < -0.3 is 16.4 Å². The summed E-state index contributed by atoms with van der Waals surface area (Å²) in [4.78, 5) is 12.8. The van der Waals surface area contributed by atoms with Gasteiger partial charge in [-0.05, 0) is 44.1 Å². The van der Waals surface area contributed by atoms with Crippen LogP contribution in [0.15, 0.2) is 23.1 Å². The van der Waals surface area contributed by atoms with E-state index < -0.39 is 0 Å². The lowest BCUT2D eigenvalue weighted by Crippen LogP contribution is -2.26. The molecule has 0 saturated heterocycles. The molecule has 1 aliphatic rings. The molecule has 18 heavy (non-hydrogen) atoms. The van der Waals surface area contributed by atoms with Gasteiger partial charge in [-0.3, -0.25) is 4.79 Å². The van der Waals surface area contributed by atoms with Gasteiger partial charge in [0.05, 0.1) is 10.9 Å². The molecule has 0 aromatic heterocycles. The van der Waals surface area contributed by atoms with Gasteiger partial charge in [0, 0.05) is 11.4 Å². The second-order valence-electron chi connectivity index (χ2n) is 4.40. The molecule has 98 valence electrons. The Bertz CT molecular complexity index is 436. The van der Waals surface area contributed by atoms with Crippen molar-refractivity contribution in [3.8, 4) is 0 Å². The zero-order valence-corrected chi connectivity index (χ0v) is 11.3. The lowest BCUT2D eigenvalue weighted by molar-refractivity contribution is -0.115. The first-order chi connectivity index (χ1) is 8.70. The minimum atomic E-state index is -0.00831. The predicted molar refractivity (Wildman–Crippen MR) is 75.8 cm³/mol. The Hall–Kier alpha value is -1.04. The molecule has 5 heteroatoms. The maximum atomic E-state index is 11.6. The van der Waals surface area contributed by atoms with Crippen LogP contribution in [0.5, 0.6) is 0 Å². The number of hydrogen-bond acceptors (Lipinski definition) is 4. The smallest absolute Gasteiger partial charge is 0.237 e. The quantitative estimate of drug-likeness (QED) is 0.707. The van der Waals surface area contributed by atoms with Crippen LogP contribution in [0.3, 0.4) is 0 Å². The summed E-state index contributed by atoms with van der Waals surface area (Å²) in [5, 5.41) is 6.27. The van der Waals surface area contributed by atoms with Crippen molar-refractivity contribution in [2.45, 2.75) is 30.0 Å². The Morgan fingerprint density at radius 3 is 3.11 bits per heavy atom. The molecule has 1 unspecified atom stereocenters. The van der Waals surface area contributed by atoms with Gasteiger partial charge >= 0.3 is 0 Å². The summed E-state index contributed by atoms with van der Waals surface area (Å²) in [6.45, 7) is 4.36. The molecule has 1 aromatic rings. The minimum Gasteiger partial charge on any atom is -0.330 e. The Kier molecular flexibility index (Phi) is 4.63. The number of nitrogens with one attached hydrogen (secondary N) is 2. The summed E-state index contributed by atoms with van der Waals surface area (Å²) in [5.74, 6) is 0.0840. The third kappa shape index (κ3) is 3.25. The van der Waals surface area contributed by atoms with Crippen LogP contribution in [0, 0.1) is 0 Å². The summed E-state index contributed by atoms with van der Waals surface area (Å²) in [6.07, 6.45) is 0.981. The molecule has 4 N–H and O–H groups in total. The molecule has 1 heterocycles. The number of carbonyl (C=O) groups is 1. The van der Waals surface area contributed by atoms with Crippen LogP contribution in [0.25, 0.3) is 0 Å². The van der Waals surface area contributed by atoms with Crippen molar-refractivity contribution in [1.29, 1.82) is 0 Å². The number of carbonyl (C=O) groups excluding carboxylic acids is 1. The van der Waals surface area contributed by atoms with Crippen molar-refractivity contribution in [3.05, 3.63) is 23.8 Å². The molecule has 0 radical (unpaired) electrons. The first-order valence-corrected chi connectivity index (χ1v) is 7.10. The van der Waals surface area contributed by atoms with Crippen LogP contribution in [0.1, 0.15) is 18.9 Å². The molecule has 4 nitrogen and oxygen atoms in total. The van der Waals surface area contributed by atoms with Crippen LogP contribution >= 0.6 is 11.8 Å². The van der Waals surface area contributed by atoms with E-state index in [-0.39, 0.29) is 11.2 Å². The fourth-order valence-corrected chi connectivity index (χ4v) is 2.76. The summed E-state index contributed by atoms with van der Waals surface area (Å²) >= 11 is 1.61. The lowest BCUT2D eigenvalue weighted by atomic mass is 10.2. The predicted octanol–water partition coefficient (Wildman–Crippen LogP) is 1.56. The average Bonchev–Trinajstić information content (AvgIpc) is 2.36. The second-order valence-corrected chi connectivity index (χ2v) is 5.78. The van der Waals surface area contributed by atoms with E-state index in [0.717, 1.165) is 30.1 Å². The number of hydrogen-bond donors (Lipinski definition) is 3. The first-order valence-electron chi connectivity index (χ1n) is 6.22. The third-order valence-corrected chi connectivity index (χ3v) is 4.04. The molecule has 1 aromatic carbocycles. The molecule has 1 amide bonds. The van der Waals surface area contributed by atoms with Crippen molar-refractivity contribution >= 4 is 23.4 Å². The molecule has 0 fully saturated rings. The molecular formula is C13H19N3OS. The van der Waals surface area contributed by atoms with E-state index in [1.54, 1.807) is 11.8 Å². The fraction of sp³-hybridized carbons (Fsp3) is 0.462. The van der Waals surface area contributed by atoms with Crippen molar-refractivity contribution in [1.82, 2.24) is 5.32 Å². The number of amides is 1. The Labute approximate surface area is 112 Å². The lowest BCUT2D eigenvalue weighted by Gasteiger charge is -2.22. The highest BCUT2D eigenvalue weighted by Gasteiger charge is 2.22. The van der Waals surface area contributed by atoms with Gasteiger partial charge in [-0.15, -0.1) is 11.8 Å². The maximum absolute atomic E-state index is 11.6. The van der Waals surface area contributed by atoms with Crippen LogP contribution in [-0.4, -0.2) is 24.2 Å². The normalized spacial score (nSPS) is 18.3. The number of rotatable bonds is 5. The summed E-state index contributed by atoms with van der Waals surface area (Å²) in [6, 6.07) is 6.23. The van der Waals surface area contributed by atoms with Crippen LogP contribution < -0.4 is 16.4 Å². The fourth-order valence-electron chi connectivity index (χ4n) is 1.83. The molecule has 1 atom stereocenters. The van der Waals surface area contributed by atoms with Gasteiger partial charge in [0.25, 0.3) is 0 Å². The van der Waals surface area contributed by atoms with E-state index in [0.29, 0.717) is 6.54 Å². The van der Waals surface area contributed by atoms with Gasteiger partial charge in [-0.25, -0.2) is 0 Å². The van der Waals surface area contributed by atoms with Gasteiger partial charge in [0.15, 0.2) is 0 Å². The number of fused-ring (bicyclic) bond motifs is 1. The SMILES string of the molecule is CC1Sc2ccc(CNCCCN)cc2NC1=O. The van der Waals surface area contributed by atoms with Crippen LogP contribution in [0.2, 0.25) is 0 Å². The molecule has 2 rings (SSSR count). The van der Waals surface area contributed by atoms with Crippen LogP contribution in [0.4, 0.5) is 5.69 Å². The molecule has 0 aliphatic carbocycles. The van der Waals surface area contributed by atoms with E-state index in [9.17, 15) is 4.79 Å². The molecular weight excluding hydrogens is 246 g/mol. The molecule has 0 bridgehead atoms. The Balaban J connectivity index is 1.99. The molecule has 1 aliphatic heterocycles. The minimum absolute atomic E-state index is 0.00831. The van der Waals surface area contributed by atoms with Gasteiger partial charge in [0.2, 0.25) is 5.91 Å². The van der Waals surface area contributed by atoms with Gasteiger partial charge in [0.1, 0.15) is 0 Å². The van der Waals surface area contributed by atoms with E-state index in [1.165, 1.54) is 5.56 Å². The zero-order valence-electron chi connectivity index (χ0n) is 10.5. The van der Waals surface area contributed by atoms with E-state index in [4.69, 9.17) is 5.73 Å². The van der Waals surface area contributed by atoms with E-state index in [2.05, 4.69) is 22.8 Å². The average molecular weight is 265 g/mol. The number of thioether (sulfide) groups is 1. The summed E-state index contributed by atoms with van der Waals surface area (Å²) in [5.41, 5.74) is 7.55. The number of nitrogens with two attached hydrogens (primary N) is 1. The monoisotopic (exact) mass is 265 g/mol. The number of benzene rings is 1. The van der Waals surface area contributed by atoms with Crippen molar-refractivity contribution in [3.63, 3.8) is 0 Å². The highest BCUT2D eigenvalue weighted by Crippen LogP contribution is 2.35.